The molecule has 9 heteroatoms. The first-order chi connectivity index (χ1) is 13.1. The number of pyridine rings is 1. The molecule has 1 amide bonds. The first-order valence-electron chi connectivity index (χ1n) is 8.20. The van der Waals surface area contributed by atoms with E-state index in [0.717, 1.165) is 11.3 Å². The Morgan fingerprint density at radius 3 is 2.74 bits per heavy atom. The molecule has 0 aliphatic carbocycles. The summed E-state index contributed by atoms with van der Waals surface area (Å²) in [5, 5.41) is 14.8. The van der Waals surface area contributed by atoms with Crippen LogP contribution in [0.2, 0.25) is 0 Å². The molecule has 0 bridgehead atoms. The van der Waals surface area contributed by atoms with Crippen LogP contribution in [0.4, 0.5) is 5.69 Å². The van der Waals surface area contributed by atoms with E-state index in [-0.39, 0.29) is 12.3 Å². The van der Waals surface area contributed by atoms with Gasteiger partial charge >= 0.3 is 0 Å². The van der Waals surface area contributed by atoms with Crippen molar-refractivity contribution in [3.63, 3.8) is 0 Å². The summed E-state index contributed by atoms with van der Waals surface area (Å²) in [7, 11) is 1.59. The molecule has 3 heterocycles. The number of rotatable bonds is 5. The fourth-order valence-corrected chi connectivity index (χ4v) is 2.63. The van der Waals surface area contributed by atoms with Crippen molar-refractivity contribution >= 4 is 17.2 Å². The highest BCUT2D eigenvalue weighted by molar-refractivity contribution is 5.92. The Morgan fingerprint density at radius 1 is 1.22 bits per heavy atom. The number of benzene rings is 1. The van der Waals surface area contributed by atoms with E-state index in [0.29, 0.717) is 28.9 Å². The summed E-state index contributed by atoms with van der Waals surface area (Å²) in [6.07, 6.45) is 1.87. The van der Waals surface area contributed by atoms with Crippen molar-refractivity contribution in [2.24, 2.45) is 0 Å². The van der Waals surface area contributed by atoms with Crippen LogP contribution in [0.5, 0.6) is 5.75 Å². The van der Waals surface area contributed by atoms with Gasteiger partial charge in [0.25, 0.3) is 5.89 Å². The van der Waals surface area contributed by atoms with Gasteiger partial charge in [-0.3, -0.25) is 9.20 Å². The topological polar surface area (TPSA) is 107 Å². The molecule has 0 radical (unpaired) electrons. The number of nitrogens with zero attached hydrogens (tertiary/aromatic N) is 5. The summed E-state index contributed by atoms with van der Waals surface area (Å²) in [4.78, 5) is 16.5. The molecule has 0 saturated carbocycles. The number of methoxy groups -OCH3 is 1. The second-order valence-electron chi connectivity index (χ2n) is 5.86. The minimum Gasteiger partial charge on any atom is -0.497 e. The molecule has 27 heavy (non-hydrogen) atoms. The predicted molar refractivity (Wildman–Crippen MR) is 96.3 cm³/mol. The van der Waals surface area contributed by atoms with Gasteiger partial charge in [-0.1, -0.05) is 5.16 Å². The van der Waals surface area contributed by atoms with Crippen LogP contribution >= 0.6 is 0 Å². The van der Waals surface area contributed by atoms with Gasteiger partial charge in [0.05, 0.1) is 13.5 Å². The van der Waals surface area contributed by atoms with Gasteiger partial charge in [0.2, 0.25) is 5.91 Å². The van der Waals surface area contributed by atoms with Crippen molar-refractivity contribution in [2.75, 3.05) is 12.4 Å². The highest BCUT2D eigenvalue weighted by Crippen LogP contribution is 2.19. The lowest BCUT2D eigenvalue weighted by Crippen LogP contribution is -2.16. The van der Waals surface area contributed by atoms with Gasteiger partial charge in [-0.2, -0.15) is 4.98 Å². The van der Waals surface area contributed by atoms with Crippen LogP contribution in [0.15, 0.2) is 47.1 Å². The molecule has 0 atom stereocenters. The Hall–Kier alpha value is -3.75. The van der Waals surface area contributed by atoms with Crippen LogP contribution in [0, 0.1) is 6.92 Å². The number of ether oxygens (including phenoxy) is 1. The van der Waals surface area contributed by atoms with Gasteiger partial charge < -0.3 is 14.6 Å². The number of aryl methyl sites for hydroxylation is 1. The van der Waals surface area contributed by atoms with E-state index in [4.69, 9.17) is 9.26 Å². The second kappa shape index (κ2) is 6.87. The highest BCUT2D eigenvalue weighted by atomic mass is 16.5. The van der Waals surface area contributed by atoms with Crippen LogP contribution in [-0.2, 0) is 11.2 Å². The molecule has 0 aliphatic heterocycles. The zero-order chi connectivity index (χ0) is 18.8. The number of hydrogen-bond acceptors (Lipinski definition) is 7. The van der Waals surface area contributed by atoms with Crippen molar-refractivity contribution < 1.29 is 14.1 Å². The lowest BCUT2D eigenvalue weighted by atomic mass is 10.2. The van der Waals surface area contributed by atoms with Crippen LogP contribution in [0.1, 0.15) is 11.6 Å². The largest absolute Gasteiger partial charge is 0.497 e. The Labute approximate surface area is 154 Å². The fraction of sp³-hybridized carbons (Fsp3) is 0.167. The third-order valence-electron chi connectivity index (χ3n) is 3.95. The first-order valence-corrected chi connectivity index (χ1v) is 8.20. The molecule has 4 rings (SSSR count). The van der Waals surface area contributed by atoms with E-state index >= 15 is 0 Å². The van der Waals surface area contributed by atoms with Gasteiger partial charge in [0.1, 0.15) is 11.6 Å². The molecule has 0 saturated heterocycles. The van der Waals surface area contributed by atoms with E-state index in [1.165, 1.54) is 0 Å². The number of carbonyl (C=O) groups is 1. The lowest BCUT2D eigenvalue weighted by Gasteiger charge is -2.06. The third kappa shape index (κ3) is 3.47. The van der Waals surface area contributed by atoms with Crippen molar-refractivity contribution in [3.05, 3.63) is 54.2 Å². The average molecular weight is 364 g/mol. The monoisotopic (exact) mass is 364 g/mol. The Balaban J connectivity index is 1.50. The smallest absolute Gasteiger partial charge is 0.258 e. The van der Waals surface area contributed by atoms with E-state index in [9.17, 15) is 4.79 Å². The molecule has 0 fully saturated rings. The van der Waals surface area contributed by atoms with Crippen molar-refractivity contribution in [1.82, 2.24) is 24.7 Å². The normalized spacial score (nSPS) is 10.9. The number of aromatic nitrogens is 5. The van der Waals surface area contributed by atoms with E-state index in [2.05, 4.69) is 25.7 Å². The van der Waals surface area contributed by atoms with Gasteiger partial charge in [-0.15, -0.1) is 10.2 Å². The van der Waals surface area contributed by atoms with Crippen LogP contribution in [-0.4, -0.2) is 37.8 Å². The zero-order valence-electron chi connectivity index (χ0n) is 14.7. The molecular formula is C18H16N6O3. The molecule has 0 aliphatic rings. The number of amides is 1. The van der Waals surface area contributed by atoms with Crippen LogP contribution in [0.25, 0.3) is 17.1 Å². The maximum atomic E-state index is 12.3. The predicted octanol–water partition coefficient (Wildman–Crippen LogP) is 2.28. The summed E-state index contributed by atoms with van der Waals surface area (Å²) >= 11 is 0. The molecule has 3 aromatic heterocycles. The first kappa shape index (κ1) is 16.7. The quantitative estimate of drug-likeness (QED) is 0.579. The summed E-state index contributed by atoms with van der Waals surface area (Å²) in [5.41, 5.74) is 2.02. The maximum Gasteiger partial charge on any atom is 0.258 e. The van der Waals surface area contributed by atoms with Gasteiger partial charge in [0, 0.05) is 17.4 Å². The molecular weight excluding hydrogens is 348 g/mol. The number of carbonyl (C=O) groups excluding carboxylic acids is 1. The number of fused-ring (bicyclic) bond motifs is 1. The molecule has 9 nitrogen and oxygen atoms in total. The average Bonchev–Trinajstić information content (AvgIpc) is 3.28. The minimum atomic E-state index is -0.189. The molecule has 1 N–H and O–H groups in total. The van der Waals surface area contributed by atoms with Crippen LogP contribution < -0.4 is 10.1 Å². The SMILES string of the molecule is COc1ccc(NC(=O)Cc2nnc3cc(-c4nc(C)no4)ccn23)cc1. The number of anilines is 1. The summed E-state index contributed by atoms with van der Waals surface area (Å²) < 4.78 is 12.0. The highest BCUT2D eigenvalue weighted by Gasteiger charge is 2.13. The van der Waals surface area contributed by atoms with Gasteiger partial charge in [-0.25, -0.2) is 0 Å². The van der Waals surface area contributed by atoms with Crippen molar-refractivity contribution in [1.29, 1.82) is 0 Å². The third-order valence-corrected chi connectivity index (χ3v) is 3.95. The summed E-state index contributed by atoms with van der Waals surface area (Å²) in [6, 6.07) is 10.7. The van der Waals surface area contributed by atoms with Crippen molar-refractivity contribution in [3.8, 4) is 17.2 Å². The standard InChI is InChI=1S/C18H16N6O3/c1-11-19-18(27-23-11)12-7-8-24-15(9-12)21-22-16(24)10-17(25)20-13-3-5-14(26-2)6-4-13/h3-9H,10H2,1-2H3,(H,20,25). The summed E-state index contributed by atoms with van der Waals surface area (Å²) in [5.74, 6) is 2.04. The van der Waals surface area contributed by atoms with Gasteiger partial charge in [-0.05, 0) is 43.3 Å². The van der Waals surface area contributed by atoms with Gasteiger partial charge in [0.15, 0.2) is 11.5 Å². The minimum absolute atomic E-state index is 0.0895. The molecule has 0 unspecified atom stereocenters. The van der Waals surface area contributed by atoms with Crippen LogP contribution in [0.3, 0.4) is 0 Å². The molecule has 0 spiro atoms. The van der Waals surface area contributed by atoms with E-state index < -0.39 is 0 Å². The maximum absolute atomic E-state index is 12.3. The van der Waals surface area contributed by atoms with Crippen molar-refractivity contribution in [2.45, 2.75) is 13.3 Å². The second-order valence-corrected chi connectivity index (χ2v) is 5.86. The van der Waals surface area contributed by atoms with E-state index in [1.807, 2.05) is 6.07 Å². The lowest BCUT2D eigenvalue weighted by molar-refractivity contribution is -0.115. The number of nitrogens with one attached hydrogen (secondary N) is 1. The molecule has 1 aromatic carbocycles. The Morgan fingerprint density at radius 2 is 2.04 bits per heavy atom. The zero-order valence-corrected chi connectivity index (χ0v) is 14.7. The molecule has 4 aromatic rings. The molecule has 136 valence electrons. The number of hydrogen-bond donors (Lipinski definition) is 1. The van der Waals surface area contributed by atoms with E-state index in [1.54, 1.807) is 55.0 Å². The Bertz CT molecular complexity index is 1100. The fourth-order valence-electron chi connectivity index (χ4n) is 2.63. The Kier molecular flexibility index (Phi) is 4.25. The summed E-state index contributed by atoms with van der Waals surface area (Å²) in [6.45, 7) is 1.75.